The number of nitrogens with one attached hydrogen (secondary N) is 1. The van der Waals surface area contributed by atoms with Gasteiger partial charge in [0, 0.05) is 31.5 Å². The number of carbonyl (C=O) groups is 1. The fourth-order valence-corrected chi connectivity index (χ4v) is 3.40. The molecule has 1 N–H and O–H groups in total. The summed E-state index contributed by atoms with van der Waals surface area (Å²) >= 11 is 0. The van der Waals surface area contributed by atoms with E-state index in [-0.39, 0.29) is 6.03 Å². The average molecular weight is 354 g/mol. The number of urea groups is 1. The van der Waals surface area contributed by atoms with Gasteiger partial charge in [0.05, 0.1) is 19.4 Å². The summed E-state index contributed by atoms with van der Waals surface area (Å²) in [7, 11) is 1.59. The van der Waals surface area contributed by atoms with Crippen molar-refractivity contribution in [2.24, 2.45) is 0 Å². The first kappa shape index (κ1) is 16.7. The third-order valence-corrected chi connectivity index (χ3v) is 4.92. The molecule has 6 heteroatoms. The topological polar surface area (TPSA) is 60.0 Å². The summed E-state index contributed by atoms with van der Waals surface area (Å²) in [4.78, 5) is 14.4. The molecule has 0 radical (unpaired) electrons. The zero-order valence-electron chi connectivity index (χ0n) is 14.7. The number of hydrogen-bond donors (Lipinski definition) is 1. The second-order valence-corrected chi connectivity index (χ2v) is 6.53. The Labute approximate surface area is 152 Å². The van der Waals surface area contributed by atoms with Gasteiger partial charge in [0.25, 0.3) is 0 Å². The molecule has 2 aliphatic heterocycles. The zero-order valence-corrected chi connectivity index (χ0v) is 14.7. The highest BCUT2D eigenvalue weighted by atomic mass is 16.7. The molecule has 1 spiro atoms. The van der Waals surface area contributed by atoms with Gasteiger partial charge in [-0.2, -0.15) is 0 Å². The molecule has 0 saturated carbocycles. The van der Waals surface area contributed by atoms with Crippen LogP contribution in [0.2, 0.25) is 0 Å². The van der Waals surface area contributed by atoms with Gasteiger partial charge < -0.3 is 24.4 Å². The molecule has 2 aromatic rings. The van der Waals surface area contributed by atoms with Gasteiger partial charge in [-0.1, -0.05) is 30.3 Å². The van der Waals surface area contributed by atoms with Crippen LogP contribution in [0.5, 0.6) is 11.5 Å². The highest BCUT2D eigenvalue weighted by Gasteiger charge is 2.41. The Balaban J connectivity index is 1.39. The molecular weight excluding hydrogens is 332 g/mol. The standard InChI is InChI=1S/C20H22N2O4/c1-24-18-9-5-3-7-16(18)21-19(23)22-12-10-20(11-13-22)25-14-15-6-2-4-8-17(15)26-20/h2-9H,10-14H2,1H3,(H,21,23). The Bertz CT molecular complexity index is 800. The maximum absolute atomic E-state index is 12.6. The van der Waals surface area contributed by atoms with E-state index in [1.165, 1.54) is 0 Å². The van der Waals surface area contributed by atoms with Crippen LogP contribution in [-0.2, 0) is 11.3 Å². The molecule has 1 saturated heterocycles. The molecule has 136 valence electrons. The van der Waals surface area contributed by atoms with Crippen molar-refractivity contribution >= 4 is 11.7 Å². The van der Waals surface area contributed by atoms with E-state index in [0.29, 0.717) is 44.0 Å². The van der Waals surface area contributed by atoms with E-state index in [1.54, 1.807) is 12.0 Å². The second-order valence-electron chi connectivity index (χ2n) is 6.53. The molecule has 2 aromatic carbocycles. The SMILES string of the molecule is COc1ccccc1NC(=O)N1CCC2(CC1)OCc1ccccc1O2. The number of methoxy groups -OCH3 is 1. The molecule has 26 heavy (non-hydrogen) atoms. The van der Waals surface area contributed by atoms with Crippen molar-refractivity contribution in [3.8, 4) is 11.5 Å². The van der Waals surface area contributed by atoms with E-state index in [9.17, 15) is 4.79 Å². The molecule has 0 bridgehead atoms. The predicted octanol–water partition coefficient (Wildman–Crippen LogP) is 3.63. The Hall–Kier alpha value is -2.73. The number of amides is 2. The number of ether oxygens (including phenoxy) is 3. The highest BCUT2D eigenvalue weighted by Crippen LogP contribution is 2.37. The molecule has 1 fully saturated rings. The number of fused-ring (bicyclic) bond motifs is 1. The van der Waals surface area contributed by atoms with Gasteiger partial charge >= 0.3 is 6.03 Å². The molecule has 2 aliphatic rings. The lowest BCUT2D eigenvalue weighted by Gasteiger charge is -2.43. The third-order valence-electron chi connectivity index (χ3n) is 4.92. The number of rotatable bonds is 2. The van der Waals surface area contributed by atoms with Crippen molar-refractivity contribution in [3.63, 3.8) is 0 Å². The minimum Gasteiger partial charge on any atom is -0.495 e. The monoisotopic (exact) mass is 354 g/mol. The lowest BCUT2D eigenvalue weighted by Crippen LogP contribution is -2.53. The van der Waals surface area contributed by atoms with E-state index in [0.717, 1.165) is 11.3 Å². The summed E-state index contributed by atoms with van der Waals surface area (Å²) < 4.78 is 17.4. The quantitative estimate of drug-likeness (QED) is 0.895. The predicted molar refractivity (Wildman–Crippen MR) is 97.4 cm³/mol. The van der Waals surface area contributed by atoms with Crippen molar-refractivity contribution in [1.82, 2.24) is 4.90 Å². The Morgan fingerprint density at radius 1 is 1.12 bits per heavy atom. The molecule has 0 atom stereocenters. The first-order valence-corrected chi connectivity index (χ1v) is 8.79. The van der Waals surface area contributed by atoms with Crippen LogP contribution in [0.15, 0.2) is 48.5 Å². The third kappa shape index (κ3) is 3.20. The van der Waals surface area contributed by atoms with Crippen LogP contribution < -0.4 is 14.8 Å². The van der Waals surface area contributed by atoms with Crippen LogP contribution in [0.4, 0.5) is 10.5 Å². The van der Waals surface area contributed by atoms with Crippen molar-refractivity contribution < 1.29 is 19.0 Å². The van der Waals surface area contributed by atoms with Gasteiger partial charge in [0.2, 0.25) is 5.79 Å². The lowest BCUT2D eigenvalue weighted by molar-refractivity contribution is -0.225. The molecule has 4 rings (SSSR count). The largest absolute Gasteiger partial charge is 0.495 e. The first-order valence-electron chi connectivity index (χ1n) is 8.79. The number of likely N-dealkylation sites (tertiary alicyclic amines) is 1. The summed E-state index contributed by atoms with van der Waals surface area (Å²) in [5, 5.41) is 2.92. The number of anilines is 1. The Morgan fingerprint density at radius 3 is 2.65 bits per heavy atom. The van der Waals surface area contributed by atoms with Gasteiger partial charge in [-0.05, 0) is 18.2 Å². The molecule has 2 amide bonds. The molecule has 2 heterocycles. The number of hydrogen-bond acceptors (Lipinski definition) is 4. The van der Waals surface area contributed by atoms with Crippen LogP contribution in [0.25, 0.3) is 0 Å². The fourth-order valence-electron chi connectivity index (χ4n) is 3.40. The van der Waals surface area contributed by atoms with E-state index >= 15 is 0 Å². The average Bonchev–Trinajstić information content (AvgIpc) is 2.69. The van der Waals surface area contributed by atoms with Crippen molar-refractivity contribution in [2.75, 3.05) is 25.5 Å². The van der Waals surface area contributed by atoms with Crippen LogP contribution in [0.3, 0.4) is 0 Å². The van der Waals surface area contributed by atoms with Crippen LogP contribution in [0, 0.1) is 0 Å². The summed E-state index contributed by atoms with van der Waals surface area (Å²) in [6.45, 7) is 1.69. The van der Waals surface area contributed by atoms with Gasteiger partial charge in [0.15, 0.2) is 0 Å². The number of benzene rings is 2. The summed E-state index contributed by atoms with van der Waals surface area (Å²) in [5.41, 5.74) is 1.73. The van der Waals surface area contributed by atoms with Crippen LogP contribution >= 0.6 is 0 Å². The van der Waals surface area contributed by atoms with Gasteiger partial charge in [0.1, 0.15) is 11.5 Å². The van der Waals surface area contributed by atoms with Crippen molar-refractivity contribution in [2.45, 2.75) is 25.2 Å². The van der Waals surface area contributed by atoms with Gasteiger partial charge in [-0.25, -0.2) is 4.79 Å². The summed E-state index contributed by atoms with van der Waals surface area (Å²) in [5.74, 6) is 0.894. The van der Waals surface area contributed by atoms with E-state index < -0.39 is 5.79 Å². The number of nitrogens with zero attached hydrogens (tertiary/aromatic N) is 1. The van der Waals surface area contributed by atoms with Crippen molar-refractivity contribution in [1.29, 1.82) is 0 Å². The zero-order chi connectivity index (χ0) is 18.0. The first-order chi connectivity index (χ1) is 12.7. The van der Waals surface area contributed by atoms with E-state index in [1.807, 2.05) is 48.5 Å². The summed E-state index contributed by atoms with van der Waals surface area (Å²) in [6, 6.07) is 15.2. The molecular formula is C20H22N2O4. The highest BCUT2D eigenvalue weighted by molar-refractivity contribution is 5.91. The summed E-state index contributed by atoms with van der Waals surface area (Å²) in [6.07, 6.45) is 1.28. The molecule has 0 unspecified atom stereocenters. The number of para-hydroxylation sites is 3. The normalized spacial score (nSPS) is 18.0. The molecule has 0 aliphatic carbocycles. The molecule has 0 aromatic heterocycles. The lowest BCUT2D eigenvalue weighted by atomic mass is 10.0. The Kier molecular flexibility index (Phi) is 4.42. The smallest absolute Gasteiger partial charge is 0.321 e. The molecule has 6 nitrogen and oxygen atoms in total. The fraction of sp³-hybridized carbons (Fsp3) is 0.350. The van der Waals surface area contributed by atoms with Crippen LogP contribution in [-0.4, -0.2) is 36.9 Å². The van der Waals surface area contributed by atoms with Gasteiger partial charge in [-0.3, -0.25) is 0 Å². The number of piperidine rings is 1. The Morgan fingerprint density at radius 2 is 1.85 bits per heavy atom. The minimum absolute atomic E-state index is 0.138. The van der Waals surface area contributed by atoms with E-state index in [2.05, 4.69) is 5.32 Å². The van der Waals surface area contributed by atoms with E-state index in [4.69, 9.17) is 14.2 Å². The maximum Gasteiger partial charge on any atom is 0.321 e. The minimum atomic E-state index is -0.629. The van der Waals surface area contributed by atoms with Gasteiger partial charge in [-0.15, -0.1) is 0 Å². The van der Waals surface area contributed by atoms with Crippen molar-refractivity contribution in [3.05, 3.63) is 54.1 Å². The van der Waals surface area contributed by atoms with Crippen LogP contribution in [0.1, 0.15) is 18.4 Å². The number of carbonyl (C=O) groups excluding carboxylic acids is 1. The maximum atomic E-state index is 12.6. The second kappa shape index (κ2) is 6.88.